The molecule has 3 fully saturated rings. The van der Waals surface area contributed by atoms with E-state index in [0.29, 0.717) is 6.54 Å². The number of hydrogen-bond donors (Lipinski definition) is 0. The van der Waals surface area contributed by atoms with Crippen molar-refractivity contribution in [1.29, 1.82) is 0 Å². The number of hydrogen-bond acceptors (Lipinski definition) is 7. The molecule has 0 saturated carbocycles. The highest BCUT2D eigenvalue weighted by atomic mass is 16.6. The molecule has 1 aromatic rings. The zero-order valence-electron chi connectivity index (χ0n) is 16.0. The number of nitrogens with zero attached hydrogens (tertiary/aromatic N) is 5. The monoisotopic (exact) mass is 375 g/mol. The molecule has 4 rings (SSSR count). The van der Waals surface area contributed by atoms with Crippen LogP contribution in [0.15, 0.2) is 12.5 Å². The molecule has 148 valence electrons. The van der Waals surface area contributed by atoms with Crippen LogP contribution in [0.3, 0.4) is 0 Å². The summed E-state index contributed by atoms with van der Waals surface area (Å²) in [6.45, 7) is 8.99. The molecule has 8 nitrogen and oxygen atoms in total. The van der Waals surface area contributed by atoms with Gasteiger partial charge in [0.25, 0.3) is 0 Å². The van der Waals surface area contributed by atoms with Crippen molar-refractivity contribution in [2.24, 2.45) is 0 Å². The molecule has 1 aromatic heterocycles. The molecular weight excluding hydrogens is 346 g/mol. The number of aryl methyl sites for hydroxylation is 1. The summed E-state index contributed by atoms with van der Waals surface area (Å²) in [6, 6.07) is 0.117. The van der Waals surface area contributed by atoms with Crippen LogP contribution in [0.2, 0.25) is 0 Å². The Hall–Kier alpha value is -1.93. The number of carbonyl (C=O) groups excluding carboxylic acids is 1. The number of amides is 1. The molecule has 0 aliphatic carbocycles. The molecule has 4 heterocycles. The van der Waals surface area contributed by atoms with Crippen LogP contribution >= 0.6 is 0 Å². The lowest BCUT2D eigenvalue weighted by Gasteiger charge is -2.28. The van der Waals surface area contributed by atoms with Gasteiger partial charge in [-0.2, -0.15) is 0 Å². The van der Waals surface area contributed by atoms with Crippen molar-refractivity contribution in [2.45, 2.75) is 38.3 Å². The molecule has 0 aromatic carbocycles. The van der Waals surface area contributed by atoms with Crippen LogP contribution in [0.1, 0.15) is 25.3 Å². The largest absolute Gasteiger partial charge is 0.442 e. The number of carbonyl (C=O) groups is 1. The minimum atomic E-state index is -0.164. The Bertz CT molecular complexity index is 652. The zero-order chi connectivity index (χ0) is 18.6. The Labute approximate surface area is 160 Å². The average molecular weight is 375 g/mol. The third-order valence-electron chi connectivity index (χ3n) is 5.68. The maximum atomic E-state index is 12.3. The minimum absolute atomic E-state index is 0.0645. The fourth-order valence-electron chi connectivity index (χ4n) is 4.31. The number of aromatic nitrogens is 2. The van der Waals surface area contributed by atoms with Gasteiger partial charge in [0.15, 0.2) is 0 Å². The first-order valence-corrected chi connectivity index (χ1v) is 10.1. The summed E-state index contributed by atoms with van der Waals surface area (Å²) in [5.41, 5.74) is 1.17. The summed E-state index contributed by atoms with van der Waals surface area (Å²) < 4.78 is 11.1. The highest BCUT2D eigenvalue weighted by Gasteiger charge is 2.48. The maximum absolute atomic E-state index is 12.3. The number of morpholine rings is 1. The van der Waals surface area contributed by atoms with Crippen LogP contribution in [-0.2, 0) is 15.9 Å². The Morgan fingerprint density at radius 1 is 1.22 bits per heavy atom. The first-order valence-electron chi connectivity index (χ1n) is 10.1. The summed E-state index contributed by atoms with van der Waals surface area (Å²) in [5, 5.41) is 0. The van der Waals surface area contributed by atoms with E-state index in [4.69, 9.17) is 9.47 Å². The van der Waals surface area contributed by atoms with E-state index in [-0.39, 0.29) is 18.2 Å². The van der Waals surface area contributed by atoms with Gasteiger partial charge >= 0.3 is 6.09 Å². The van der Waals surface area contributed by atoms with Gasteiger partial charge in [-0.3, -0.25) is 9.80 Å². The van der Waals surface area contributed by atoms with E-state index in [1.165, 1.54) is 5.56 Å². The fourth-order valence-corrected chi connectivity index (χ4v) is 4.31. The first kappa shape index (κ1) is 18.4. The Morgan fingerprint density at radius 2 is 2.07 bits per heavy atom. The molecule has 0 bridgehead atoms. The van der Waals surface area contributed by atoms with Crippen molar-refractivity contribution in [1.82, 2.24) is 19.8 Å². The van der Waals surface area contributed by atoms with Gasteiger partial charge in [-0.25, -0.2) is 14.8 Å². The number of ether oxygens (including phenoxy) is 2. The Balaban J connectivity index is 1.35. The molecule has 0 N–H and O–H groups in total. The van der Waals surface area contributed by atoms with E-state index in [9.17, 15) is 4.79 Å². The number of fused-ring (bicyclic) bond motifs is 1. The minimum Gasteiger partial charge on any atom is -0.442 e. The lowest BCUT2D eigenvalue weighted by atomic mass is 10.2. The molecule has 2 atom stereocenters. The van der Waals surface area contributed by atoms with Crippen molar-refractivity contribution >= 4 is 11.9 Å². The molecule has 3 aliphatic heterocycles. The highest BCUT2D eigenvalue weighted by molar-refractivity contribution is 5.71. The van der Waals surface area contributed by atoms with Gasteiger partial charge in [-0.15, -0.1) is 0 Å². The van der Waals surface area contributed by atoms with Gasteiger partial charge in [0.05, 0.1) is 25.8 Å². The SMILES string of the molecule is CCCc1cncnc1N1C[C@H]2OC(=O)N(CCCN3CCOCC3)[C@H]2C1. The number of rotatable bonds is 7. The molecule has 8 heteroatoms. The van der Waals surface area contributed by atoms with Crippen molar-refractivity contribution < 1.29 is 14.3 Å². The molecule has 0 radical (unpaired) electrons. The first-order chi connectivity index (χ1) is 13.3. The van der Waals surface area contributed by atoms with Crippen molar-refractivity contribution in [2.75, 3.05) is 57.4 Å². The van der Waals surface area contributed by atoms with Gasteiger partial charge in [0, 0.05) is 44.5 Å². The topological polar surface area (TPSA) is 71.0 Å². The van der Waals surface area contributed by atoms with Crippen LogP contribution < -0.4 is 4.90 Å². The Kier molecular flexibility index (Phi) is 5.73. The highest BCUT2D eigenvalue weighted by Crippen LogP contribution is 2.31. The Morgan fingerprint density at radius 3 is 2.89 bits per heavy atom. The van der Waals surface area contributed by atoms with Crippen LogP contribution in [0, 0.1) is 0 Å². The van der Waals surface area contributed by atoms with Gasteiger partial charge in [-0.1, -0.05) is 13.3 Å². The maximum Gasteiger partial charge on any atom is 0.410 e. The lowest BCUT2D eigenvalue weighted by Crippen LogP contribution is -2.41. The normalized spacial score (nSPS) is 25.7. The van der Waals surface area contributed by atoms with Crippen LogP contribution in [-0.4, -0.2) is 90.5 Å². The van der Waals surface area contributed by atoms with E-state index in [0.717, 1.165) is 71.0 Å². The van der Waals surface area contributed by atoms with E-state index in [2.05, 4.69) is 26.7 Å². The summed E-state index contributed by atoms with van der Waals surface area (Å²) in [4.78, 5) is 27.6. The average Bonchev–Trinajstić information content (AvgIpc) is 3.21. The third-order valence-corrected chi connectivity index (χ3v) is 5.68. The van der Waals surface area contributed by atoms with E-state index < -0.39 is 0 Å². The van der Waals surface area contributed by atoms with Crippen molar-refractivity contribution in [3.63, 3.8) is 0 Å². The van der Waals surface area contributed by atoms with Crippen LogP contribution in [0.4, 0.5) is 10.6 Å². The van der Waals surface area contributed by atoms with Crippen LogP contribution in [0.25, 0.3) is 0 Å². The predicted octanol–water partition coefficient (Wildman–Crippen LogP) is 1.16. The molecule has 0 spiro atoms. The number of anilines is 1. The summed E-state index contributed by atoms with van der Waals surface area (Å²) in [5.74, 6) is 0.991. The van der Waals surface area contributed by atoms with E-state index >= 15 is 0 Å². The molecule has 0 unspecified atom stereocenters. The molecule has 3 aliphatic rings. The fraction of sp³-hybridized carbons (Fsp3) is 0.737. The van der Waals surface area contributed by atoms with E-state index in [1.807, 2.05) is 11.1 Å². The van der Waals surface area contributed by atoms with Gasteiger partial charge < -0.3 is 14.4 Å². The van der Waals surface area contributed by atoms with Crippen LogP contribution in [0.5, 0.6) is 0 Å². The zero-order valence-corrected chi connectivity index (χ0v) is 16.0. The third kappa shape index (κ3) is 4.01. The van der Waals surface area contributed by atoms with Gasteiger partial charge in [0.1, 0.15) is 18.2 Å². The predicted molar refractivity (Wildman–Crippen MR) is 101 cm³/mol. The second-order valence-electron chi connectivity index (χ2n) is 7.52. The second kappa shape index (κ2) is 8.39. The second-order valence-corrected chi connectivity index (χ2v) is 7.52. The summed E-state index contributed by atoms with van der Waals surface area (Å²) >= 11 is 0. The molecule has 1 amide bonds. The van der Waals surface area contributed by atoms with Crippen molar-refractivity contribution in [3.8, 4) is 0 Å². The van der Waals surface area contributed by atoms with Gasteiger partial charge in [-0.05, 0) is 12.8 Å². The molecular formula is C19H29N5O3. The smallest absolute Gasteiger partial charge is 0.410 e. The quantitative estimate of drug-likeness (QED) is 0.708. The van der Waals surface area contributed by atoms with Crippen molar-refractivity contribution in [3.05, 3.63) is 18.1 Å². The summed E-state index contributed by atoms with van der Waals surface area (Å²) in [6.07, 6.45) is 6.27. The lowest BCUT2D eigenvalue weighted by molar-refractivity contribution is 0.0363. The van der Waals surface area contributed by atoms with E-state index in [1.54, 1.807) is 6.33 Å². The molecule has 27 heavy (non-hydrogen) atoms. The standard InChI is InChI=1S/C19H29N5O3/c1-2-4-15-11-20-14-21-18(15)23-12-16-17(13-23)27-19(25)24(16)6-3-5-22-7-9-26-10-8-22/h11,14,16-17H,2-10,12-13H2,1H3/t16-,17+/m0/s1. The molecule has 3 saturated heterocycles. The summed E-state index contributed by atoms with van der Waals surface area (Å²) in [7, 11) is 0. The van der Waals surface area contributed by atoms with Gasteiger partial charge in [0.2, 0.25) is 0 Å².